The number of amides is 2. The van der Waals surface area contributed by atoms with Gasteiger partial charge < -0.3 is 20.8 Å². The molecule has 0 radical (unpaired) electrons. The quantitative estimate of drug-likeness (QED) is 0.590. The van der Waals surface area contributed by atoms with Crippen molar-refractivity contribution >= 4 is 29.3 Å². The molecule has 1 unspecified atom stereocenters. The topological polar surface area (TPSA) is 129 Å². The Kier molecular flexibility index (Phi) is 5.24. The Morgan fingerprint density at radius 2 is 2.11 bits per heavy atom. The molecule has 0 saturated heterocycles. The summed E-state index contributed by atoms with van der Waals surface area (Å²) >= 11 is 1.40. The van der Waals surface area contributed by atoms with Gasteiger partial charge in [-0.2, -0.15) is 0 Å². The van der Waals surface area contributed by atoms with Gasteiger partial charge in [0.25, 0.3) is 0 Å². The van der Waals surface area contributed by atoms with Gasteiger partial charge in [-0.25, -0.2) is 14.6 Å². The third kappa shape index (κ3) is 5.34. The Morgan fingerprint density at radius 1 is 1.42 bits per heavy atom. The molecule has 0 spiro atoms. The molecule has 1 atom stereocenters. The minimum absolute atomic E-state index is 0.205. The summed E-state index contributed by atoms with van der Waals surface area (Å²) in [6.45, 7) is 2.03. The zero-order chi connectivity index (χ0) is 14.4. The molecule has 4 N–H and O–H groups in total. The fourth-order valence-corrected chi connectivity index (χ4v) is 1.97. The van der Waals surface area contributed by atoms with Gasteiger partial charge in [0.2, 0.25) is 0 Å². The number of carboxylic acid groups (broad SMARTS) is 2. The number of aryl methyl sites for hydroxylation is 1. The minimum Gasteiger partial charge on any atom is -0.481 e. The van der Waals surface area contributed by atoms with Gasteiger partial charge in [-0.1, -0.05) is 0 Å². The average Bonchev–Trinajstić information content (AvgIpc) is 2.71. The van der Waals surface area contributed by atoms with Crippen LogP contribution >= 0.6 is 11.3 Å². The van der Waals surface area contributed by atoms with Gasteiger partial charge in [0, 0.05) is 11.1 Å². The number of aliphatic carboxylic acids is 2. The number of urea groups is 1. The summed E-state index contributed by atoms with van der Waals surface area (Å²) in [5.41, 5.74) is 0. The molecule has 0 fully saturated rings. The third-order valence-corrected chi connectivity index (χ3v) is 2.99. The van der Waals surface area contributed by atoms with Crippen LogP contribution in [-0.4, -0.2) is 39.2 Å². The smallest absolute Gasteiger partial charge is 0.326 e. The van der Waals surface area contributed by atoms with Gasteiger partial charge in [-0.3, -0.25) is 4.79 Å². The van der Waals surface area contributed by atoms with Crippen LogP contribution in [0.1, 0.15) is 16.3 Å². The van der Waals surface area contributed by atoms with Crippen LogP contribution in [0.2, 0.25) is 0 Å². The van der Waals surface area contributed by atoms with Crippen molar-refractivity contribution in [3.63, 3.8) is 0 Å². The van der Waals surface area contributed by atoms with Crippen LogP contribution in [-0.2, 0) is 16.1 Å². The Hall–Kier alpha value is -2.16. The highest BCUT2D eigenvalue weighted by Crippen LogP contribution is 2.10. The Morgan fingerprint density at radius 3 is 2.58 bits per heavy atom. The van der Waals surface area contributed by atoms with Gasteiger partial charge >= 0.3 is 18.0 Å². The van der Waals surface area contributed by atoms with Crippen molar-refractivity contribution in [3.05, 3.63) is 16.1 Å². The molecule has 1 aromatic rings. The largest absolute Gasteiger partial charge is 0.481 e. The lowest BCUT2D eigenvalue weighted by Crippen LogP contribution is -2.46. The van der Waals surface area contributed by atoms with Crippen molar-refractivity contribution in [3.8, 4) is 0 Å². The molecule has 19 heavy (non-hydrogen) atoms. The lowest BCUT2D eigenvalue weighted by atomic mass is 10.2. The lowest BCUT2D eigenvalue weighted by Gasteiger charge is -2.12. The maximum absolute atomic E-state index is 11.4. The van der Waals surface area contributed by atoms with Crippen molar-refractivity contribution in [1.82, 2.24) is 15.6 Å². The van der Waals surface area contributed by atoms with E-state index in [1.807, 2.05) is 6.92 Å². The molecular formula is C10H13N3O5S. The summed E-state index contributed by atoms with van der Waals surface area (Å²) in [6.07, 6.45) is 0.925. The third-order valence-electron chi connectivity index (χ3n) is 2.07. The zero-order valence-corrected chi connectivity index (χ0v) is 10.9. The average molecular weight is 287 g/mol. The van der Waals surface area contributed by atoms with Crippen LogP contribution in [0.4, 0.5) is 4.79 Å². The molecule has 0 bridgehead atoms. The first-order chi connectivity index (χ1) is 8.88. The van der Waals surface area contributed by atoms with E-state index in [9.17, 15) is 14.4 Å². The molecule has 1 aromatic heterocycles. The monoisotopic (exact) mass is 287 g/mol. The second-order valence-corrected chi connectivity index (χ2v) is 4.98. The van der Waals surface area contributed by atoms with Gasteiger partial charge in [0.15, 0.2) is 0 Å². The molecular weight excluding hydrogens is 274 g/mol. The second-order valence-electron chi connectivity index (χ2n) is 3.66. The normalized spacial score (nSPS) is 11.6. The highest BCUT2D eigenvalue weighted by molar-refractivity contribution is 7.11. The number of nitrogens with zero attached hydrogens (tertiary/aromatic N) is 1. The summed E-state index contributed by atoms with van der Waals surface area (Å²) < 4.78 is 0. The summed E-state index contributed by atoms with van der Waals surface area (Å²) in [7, 11) is 0. The van der Waals surface area contributed by atoms with Gasteiger partial charge in [0.1, 0.15) is 6.04 Å². The first-order valence-electron chi connectivity index (χ1n) is 5.28. The molecule has 0 aliphatic carbocycles. The van der Waals surface area contributed by atoms with Gasteiger partial charge in [-0.05, 0) is 6.92 Å². The van der Waals surface area contributed by atoms with Crippen LogP contribution in [0.15, 0.2) is 6.20 Å². The Bertz CT molecular complexity index is 487. The lowest BCUT2D eigenvalue weighted by molar-refractivity contribution is -0.145. The molecule has 0 aliphatic rings. The molecule has 8 nitrogen and oxygen atoms in total. The van der Waals surface area contributed by atoms with Crippen LogP contribution in [0.25, 0.3) is 0 Å². The molecule has 0 aromatic carbocycles. The fraction of sp³-hybridized carbons (Fsp3) is 0.400. The summed E-state index contributed by atoms with van der Waals surface area (Å²) in [4.78, 5) is 37.4. The van der Waals surface area contributed by atoms with Crippen molar-refractivity contribution in [1.29, 1.82) is 0 Å². The highest BCUT2D eigenvalue weighted by atomic mass is 32.1. The van der Waals surface area contributed by atoms with Crippen molar-refractivity contribution < 1.29 is 24.6 Å². The number of hydrogen-bond acceptors (Lipinski definition) is 5. The van der Waals surface area contributed by atoms with Crippen LogP contribution in [0.3, 0.4) is 0 Å². The van der Waals surface area contributed by atoms with E-state index < -0.39 is 30.4 Å². The Balaban J connectivity index is 2.44. The van der Waals surface area contributed by atoms with Gasteiger partial charge in [-0.15, -0.1) is 11.3 Å². The zero-order valence-electron chi connectivity index (χ0n) is 10.0. The highest BCUT2D eigenvalue weighted by Gasteiger charge is 2.22. The predicted molar refractivity (Wildman–Crippen MR) is 65.9 cm³/mol. The number of carbonyl (C=O) groups is 3. The molecule has 0 aliphatic heterocycles. The molecule has 104 valence electrons. The molecule has 1 heterocycles. The summed E-state index contributed by atoms with van der Waals surface area (Å²) in [6, 6.07) is -2.19. The van der Waals surface area contributed by atoms with Crippen molar-refractivity contribution in [2.75, 3.05) is 0 Å². The Labute approximate surface area is 112 Å². The van der Waals surface area contributed by atoms with E-state index in [-0.39, 0.29) is 6.54 Å². The summed E-state index contributed by atoms with van der Waals surface area (Å²) in [5, 5.41) is 22.6. The molecule has 0 saturated carbocycles. The van der Waals surface area contributed by atoms with E-state index in [2.05, 4.69) is 15.6 Å². The maximum Gasteiger partial charge on any atom is 0.326 e. The van der Waals surface area contributed by atoms with E-state index in [4.69, 9.17) is 10.2 Å². The van der Waals surface area contributed by atoms with Crippen molar-refractivity contribution in [2.45, 2.75) is 25.9 Å². The number of nitrogens with one attached hydrogen (secondary N) is 2. The number of thiazole rings is 1. The first kappa shape index (κ1) is 14.9. The second kappa shape index (κ2) is 6.69. The number of aromatic nitrogens is 1. The standard InChI is InChI=1S/C10H13N3O5S/c1-5-11-3-6(19-5)4-12-10(18)13-7(9(16)17)2-8(14)15/h3,7H,2,4H2,1H3,(H,14,15)(H,16,17)(H2,12,13,18). The van der Waals surface area contributed by atoms with Gasteiger partial charge in [0.05, 0.1) is 18.0 Å². The van der Waals surface area contributed by atoms with E-state index in [1.165, 1.54) is 11.3 Å². The van der Waals surface area contributed by atoms with Crippen molar-refractivity contribution in [2.24, 2.45) is 0 Å². The fourth-order valence-electron chi connectivity index (χ4n) is 1.24. The number of carboxylic acids is 2. The van der Waals surface area contributed by atoms with E-state index in [1.54, 1.807) is 6.20 Å². The number of carbonyl (C=O) groups excluding carboxylic acids is 1. The van der Waals surface area contributed by atoms with Crippen LogP contribution in [0.5, 0.6) is 0 Å². The van der Waals surface area contributed by atoms with E-state index in [0.29, 0.717) is 0 Å². The first-order valence-corrected chi connectivity index (χ1v) is 6.10. The van der Waals surface area contributed by atoms with Crippen LogP contribution in [0, 0.1) is 6.92 Å². The number of hydrogen-bond donors (Lipinski definition) is 4. The molecule has 1 rings (SSSR count). The predicted octanol–water partition coefficient (Wildman–Crippen LogP) is 0.179. The van der Waals surface area contributed by atoms with Crippen LogP contribution < -0.4 is 10.6 Å². The molecule has 9 heteroatoms. The number of rotatable bonds is 6. The SMILES string of the molecule is Cc1ncc(CNC(=O)NC(CC(=O)O)C(=O)O)s1. The maximum atomic E-state index is 11.4. The van der Waals surface area contributed by atoms with E-state index in [0.717, 1.165) is 9.88 Å². The minimum atomic E-state index is -1.46. The molecule has 2 amide bonds. The van der Waals surface area contributed by atoms with E-state index >= 15 is 0 Å². The summed E-state index contributed by atoms with van der Waals surface area (Å²) in [5.74, 6) is -2.70.